The Kier molecular flexibility index (Phi) is 2.79. The monoisotopic (exact) mass is 236 g/mol. The van der Waals surface area contributed by atoms with Crippen molar-refractivity contribution in [3.8, 4) is 0 Å². The van der Waals surface area contributed by atoms with Crippen LogP contribution in [0.25, 0.3) is 0 Å². The molecule has 3 nitrogen and oxygen atoms in total. The van der Waals surface area contributed by atoms with E-state index in [0.29, 0.717) is 23.0 Å². The molecule has 1 saturated heterocycles. The molecular weight excluding hydrogens is 212 g/mol. The Hall–Kier alpha value is -0.410. The van der Waals surface area contributed by atoms with E-state index in [1.165, 1.54) is 6.42 Å². The number of ketones is 1. The van der Waals surface area contributed by atoms with Gasteiger partial charge in [0, 0.05) is 44.6 Å². The van der Waals surface area contributed by atoms with Gasteiger partial charge in [-0.2, -0.15) is 0 Å². The van der Waals surface area contributed by atoms with Gasteiger partial charge in [0.05, 0.1) is 0 Å². The maximum Gasteiger partial charge on any atom is 0.140 e. The van der Waals surface area contributed by atoms with E-state index in [-0.39, 0.29) is 0 Å². The second-order valence-electron chi connectivity index (χ2n) is 6.69. The molecule has 4 fully saturated rings. The standard InChI is InChI=1S/C14H24N2O/c1-14(2)11-7-10(13(17)12(14)8-11)9-16-5-3-15-4-6-16/h10-12,15H,3-9H2,1-2H3/t10?,11-,12-/m0/s1. The van der Waals surface area contributed by atoms with Crippen LogP contribution in [-0.4, -0.2) is 43.4 Å². The molecule has 0 radical (unpaired) electrons. The highest BCUT2D eigenvalue weighted by molar-refractivity contribution is 5.87. The highest BCUT2D eigenvalue weighted by Gasteiger charge is 2.57. The predicted molar refractivity (Wildman–Crippen MR) is 67.8 cm³/mol. The van der Waals surface area contributed by atoms with Crippen molar-refractivity contribution in [1.82, 2.24) is 10.2 Å². The molecule has 1 unspecified atom stereocenters. The Morgan fingerprint density at radius 1 is 1.29 bits per heavy atom. The molecule has 3 atom stereocenters. The molecule has 3 saturated carbocycles. The van der Waals surface area contributed by atoms with Gasteiger partial charge in [0.25, 0.3) is 0 Å². The number of hydrogen-bond donors (Lipinski definition) is 1. The van der Waals surface area contributed by atoms with Crippen molar-refractivity contribution in [2.24, 2.45) is 23.2 Å². The lowest BCUT2D eigenvalue weighted by Crippen LogP contribution is -2.58. The number of fused-ring (bicyclic) bond motifs is 2. The fraction of sp³-hybridized carbons (Fsp3) is 0.929. The van der Waals surface area contributed by atoms with Crippen molar-refractivity contribution < 1.29 is 4.79 Å². The summed E-state index contributed by atoms with van der Waals surface area (Å²) in [6.45, 7) is 9.97. The number of hydrogen-bond acceptors (Lipinski definition) is 3. The van der Waals surface area contributed by atoms with Crippen molar-refractivity contribution >= 4 is 5.78 Å². The molecule has 0 spiro atoms. The van der Waals surface area contributed by atoms with Gasteiger partial charge in [-0.3, -0.25) is 4.79 Å². The van der Waals surface area contributed by atoms with Crippen LogP contribution < -0.4 is 5.32 Å². The van der Waals surface area contributed by atoms with Crippen LogP contribution in [-0.2, 0) is 4.79 Å². The Morgan fingerprint density at radius 3 is 2.59 bits per heavy atom. The zero-order chi connectivity index (χ0) is 12.0. The Bertz CT molecular complexity index is 320. The van der Waals surface area contributed by atoms with Crippen molar-refractivity contribution in [1.29, 1.82) is 0 Å². The minimum atomic E-state index is 0.303. The zero-order valence-electron chi connectivity index (χ0n) is 11.0. The average Bonchev–Trinajstić information content (AvgIpc) is 2.32. The second kappa shape index (κ2) is 4.06. The lowest BCUT2D eigenvalue weighted by molar-refractivity contribution is -0.158. The van der Waals surface area contributed by atoms with Crippen molar-refractivity contribution in [3.05, 3.63) is 0 Å². The first-order valence-electron chi connectivity index (χ1n) is 7.06. The summed E-state index contributed by atoms with van der Waals surface area (Å²) >= 11 is 0. The van der Waals surface area contributed by atoms with Gasteiger partial charge in [0.15, 0.2) is 0 Å². The van der Waals surface area contributed by atoms with Gasteiger partial charge in [0.1, 0.15) is 5.78 Å². The topological polar surface area (TPSA) is 32.3 Å². The minimum Gasteiger partial charge on any atom is -0.314 e. The van der Waals surface area contributed by atoms with Gasteiger partial charge in [-0.05, 0) is 24.2 Å². The molecule has 0 aromatic rings. The number of nitrogens with zero attached hydrogens (tertiary/aromatic N) is 1. The lowest BCUT2D eigenvalue weighted by Gasteiger charge is -2.58. The van der Waals surface area contributed by atoms with Gasteiger partial charge >= 0.3 is 0 Å². The van der Waals surface area contributed by atoms with Crippen molar-refractivity contribution in [3.63, 3.8) is 0 Å². The first-order valence-corrected chi connectivity index (χ1v) is 7.06. The third kappa shape index (κ3) is 1.84. The quantitative estimate of drug-likeness (QED) is 0.780. The molecule has 1 heterocycles. The summed E-state index contributed by atoms with van der Waals surface area (Å²) < 4.78 is 0. The molecule has 0 amide bonds. The third-order valence-electron chi connectivity index (χ3n) is 5.47. The molecule has 4 rings (SSSR count). The summed E-state index contributed by atoms with van der Waals surface area (Å²) in [4.78, 5) is 14.9. The normalized spacial score (nSPS) is 41.1. The predicted octanol–water partition coefficient (Wildman–Crippen LogP) is 1.14. The van der Waals surface area contributed by atoms with Crippen LogP contribution in [0.2, 0.25) is 0 Å². The molecule has 3 heteroatoms. The molecule has 1 N–H and O–H groups in total. The minimum absolute atomic E-state index is 0.303. The van der Waals surface area contributed by atoms with E-state index in [0.717, 1.165) is 45.1 Å². The van der Waals surface area contributed by atoms with Crippen LogP contribution in [0.3, 0.4) is 0 Å². The Labute approximate surface area is 104 Å². The summed E-state index contributed by atoms with van der Waals surface area (Å²) in [5.41, 5.74) is 0.303. The highest BCUT2D eigenvalue weighted by atomic mass is 16.1. The molecular formula is C14H24N2O. The first kappa shape index (κ1) is 11.7. The van der Waals surface area contributed by atoms with Crippen LogP contribution in [0.15, 0.2) is 0 Å². The Balaban J connectivity index is 1.61. The van der Waals surface area contributed by atoms with Gasteiger partial charge in [-0.25, -0.2) is 0 Å². The summed E-state index contributed by atoms with van der Waals surface area (Å²) in [5.74, 6) is 2.08. The van der Waals surface area contributed by atoms with E-state index in [1.807, 2.05) is 0 Å². The molecule has 0 aromatic heterocycles. The van der Waals surface area contributed by atoms with Crippen LogP contribution in [0.4, 0.5) is 0 Å². The van der Waals surface area contributed by atoms with E-state index in [9.17, 15) is 4.79 Å². The molecule has 1 aliphatic heterocycles. The largest absolute Gasteiger partial charge is 0.314 e. The van der Waals surface area contributed by atoms with Crippen LogP contribution >= 0.6 is 0 Å². The molecule has 0 aromatic carbocycles. The van der Waals surface area contributed by atoms with E-state index in [4.69, 9.17) is 0 Å². The second-order valence-corrected chi connectivity index (χ2v) is 6.69. The van der Waals surface area contributed by atoms with Gasteiger partial charge in [-0.15, -0.1) is 0 Å². The molecule has 2 bridgehead atoms. The molecule has 3 aliphatic carbocycles. The molecule has 17 heavy (non-hydrogen) atoms. The van der Waals surface area contributed by atoms with Gasteiger partial charge in [-0.1, -0.05) is 13.8 Å². The number of Topliss-reactive ketones (excluding diaryl/α,β-unsaturated/α-hetero) is 1. The summed E-state index contributed by atoms with van der Waals surface area (Å²) in [5, 5.41) is 3.37. The van der Waals surface area contributed by atoms with Crippen molar-refractivity contribution in [2.75, 3.05) is 32.7 Å². The third-order valence-corrected chi connectivity index (χ3v) is 5.47. The number of rotatable bonds is 2. The fourth-order valence-electron chi connectivity index (χ4n) is 4.01. The van der Waals surface area contributed by atoms with E-state index < -0.39 is 0 Å². The smallest absolute Gasteiger partial charge is 0.140 e. The number of carbonyl (C=O) groups is 1. The van der Waals surface area contributed by atoms with Gasteiger partial charge < -0.3 is 10.2 Å². The van der Waals surface area contributed by atoms with Crippen LogP contribution in [0.1, 0.15) is 26.7 Å². The van der Waals surface area contributed by atoms with Gasteiger partial charge in [0.2, 0.25) is 0 Å². The zero-order valence-corrected chi connectivity index (χ0v) is 11.0. The van der Waals surface area contributed by atoms with E-state index >= 15 is 0 Å². The number of nitrogens with one attached hydrogen (secondary N) is 1. The van der Waals surface area contributed by atoms with E-state index in [2.05, 4.69) is 24.1 Å². The summed E-state index contributed by atoms with van der Waals surface area (Å²) in [6, 6.07) is 0. The number of piperazine rings is 1. The summed E-state index contributed by atoms with van der Waals surface area (Å²) in [7, 11) is 0. The average molecular weight is 236 g/mol. The van der Waals surface area contributed by atoms with E-state index in [1.54, 1.807) is 0 Å². The highest BCUT2D eigenvalue weighted by Crippen LogP contribution is 2.59. The van der Waals surface area contributed by atoms with Crippen LogP contribution in [0, 0.1) is 23.2 Å². The van der Waals surface area contributed by atoms with Crippen LogP contribution in [0.5, 0.6) is 0 Å². The maximum absolute atomic E-state index is 12.4. The van der Waals surface area contributed by atoms with Crippen molar-refractivity contribution in [2.45, 2.75) is 26.7 Å². The lowest BCUT2D eigenvalue weighted by atomic mass is 9.46. The first-order chi connectivity index (χ1) is 8.09. The SMILES string of the molecule is CC1(C)[C@H]2CC(CN3CCNCC3)C(=O)[C@@H]1C2. The summed E-state index contributed by atoms with van der Waals surface area (Å²) in [6.07, 6.45) is 2.32. The maximum atomic E-state index is 12.4. The molecule has 4 aliphatic rings. The fourth-order valence-corrected chi connectivity index (χ4v) is 4.01. The Morgan fingerprint density at radius 2 is 2.00 bits per heavy atom. The molecule has 96 valence electrons. The number of carbonyl (C=O) groups excluding carboxylic acids is 1.